The molecule has 0 aromatic carbocycles. The molecular weight excluding hydrogens is 64.0 g/mol. The van der Waals surface area contributed by atoms with Gasteiger partial charge in [0.05, 0.1) is 12.7 Å². The summed E-state index contributed by atoms with van der Waals surface area (Å²) in [7, 11) is 0. The molecule has 0 amide bonds. The third kappa shape index (κ3) is 0.127. The van der Waals surface area contributed by atoms with Crippen LogP contribution in [0.4, 0.5) is 0 Å². The molecule has 2 aliphatic rings. The summed E-state index contributed by atoms with van der Waals surface area (Å²) < 4.78 is 4.97. The minimum Gasteiger partial charge on any atom is -0.377 e. The molecule has 1 saturated carbocycles. The van der Waals surface area contributed by atoms with Gasteiger partial charge in [-0.2, -0.15) is 0 Å². The van der Waals surface area contributed by atoms with Crippen LogP contribution in [0.15, 0.2) is 0 Å². The summed E-state index contributed by atoms with van der Waals surface area (Å²) in [4.78, 5) is 0. The molecule has 0 aromatic heterocycles. The van der Waals surface area contributed by atoms with Crippen LogP contribution < -0.4 is 0 Å². The van der Waals surface area contributed by atoms with Gasteiger partial charge >= 0.3 is 0 Å². The van der Waals surface area contributed by atoms with Crippen LogP contribution in [-0.4, -0.2) is 12.7 Å². The Balaban J connectivity index is 2.19. The van der Waals surface area contributed by atoms with E-state index in [0.717, 1.165) is 6.61 Å². The first-order valence-corrected chi connectivity index (χ1v) is 1.93. The largest absolute Gasteiger partial charge is 0.377 e. The highest BCUT2D eigenvalue weighted by atomic mass is 16.5. The molecule has 1 radical (unpaired) electrons. The normalized spacial score (nSPS) is 46.8. The van der Waals surface area contributed by atoms with E-state index >= 15 is 0 Å². The quantitative estimate of drug-likeness (QED) is 0.399. The molecule has 2 fully saturated rings. The molecule has 5 heavy (non-hydrogen) atoms. The fraction of sp³-hybridized carbons (Fsp3) is 0.750. The molecule has 1 atom stereocenters. The molecule has 1 saturated heterocycles. The fourth-order valence-corrected chi connectivity index (χ4v) is 0.616. The molecule has 0 spiro atoms. The van der Waals surface area contributed by atoms with Gasteiger partial charge in [0.15, 0.2) is 0 Å². The van der Waals surface area contributed by atoms with E-state index in [-0.39, 0.29) is 0 Å². The molecular formula is C4H5O. The van der Waals surface area contributed by atoms with Crippen LogP contribution in [0.1, 0.15) is 6.42 Å². The Labute approximate surface area is 30.9 Å². The van der Waals surface area contributed by atoms with Crippen molar-refractivity contribution in [1.29, 1.82) is 0 Å². The van der Waals surface area contributed by atoms with Crippen LogP contribution >= 0.6 is 0 Å². The van der Waals surface area contributed by atoms with E-state index < -0.39 is 0 Å². The maximum atomic E-state index is 4.97. The topological polar surface area (TPSA) is 9.23 Å². The predicted molar refractivity (Wildman–Crippen MR) is 17.6 cm³/mol. The second-order valence-corrected chi connectivity index (χ2v) is 1.66. The van der Waals surface area contributed by atoms with Gasteiger partial charge < -0.3 is 4.74 Å². The average Bonchev–Trinajstić information content (AvgIpc) is 1.74. The average molecular weight is 69.1 g/mol. The van der Waals surface area contributed by atoms with Gasteiger partial charge in [-0.1, -0.05) is 0 Å². The van der Waals surface area contributed by atoms with Crippen LogP contribution in [0.5, 0.6) is 0 Å². The zero-order valence-corrected chi connectivity index (χ0v) is 2.90. The van der Waals surface area contributed by atoms with Gasteiger partial charge in [-0.3, -0.25) is 0 Å². The summed E-state index contributed by atoms with van der Waals surface area (Å²) in [6.07, 6.45) is 1.93. The van der Waals surface area contributed by atoms with Crippen molar-refractivity contribution >= 4 is 0 Å². The van der Waals surface area contributed by atoms with Crippen molar-refractivity contribution in [2.45, 2.75) is 12.5 Å². The summed E-state index contributed by atoms with van der Waals surface area (Å²) in [6.45, 7) is 0.977. The Morgan fingerprint density at radius 2 is 2.60 bits per heavy atom. The predicted octanol–water partition coefficient (Wildman–Crippen LogP) is 0.363. The zero-order valence-electron chi connectivity index (χ0n) is 2.90. The highest BCUT2D eigenvalue weighted by Crippen LogP contribution is 2.45. The Bertz CT molecular complexity index is 48.7. The second kappa shape index (κ2) is 0.432. The Morgan fingerprint density at radius 3 is 2.60 bits per heavy atom. The molecule has 1 heterocycles. The monoisotopic (exact) mass is 69.0 g/mol. The van der Waals surface area contributed by atoms with Crippen molar-refractivity contribution < 1.29 is 4.74 Å². The zero-order chi connectivity index (χ0) is 3.28. The highest BCUT2D eigenvalue weighted by molar-refractivity contribution is 5.23. The molecule has 0 N–H and O–H groups in total. The molecule has 1 unspecified atom stereocenters. The molecule has 1 heteroatoms. The van der Waals surface area contributed by atoms with Crippen molar-refractivity contribution in [3.63, 3.8) is 0 Å². The first kappa shape index (κ1) is 2.19. The minimum atomic E-state index is 0.648. The van der Waals surface area contributed by atoms with Crippen LogP contribution in [-0.2, 0) is 4.74 Å². The lowest BCUT2D eigenvalue weighted by Crippen LogP contribution is -2.10. The maximum absolute atomic E-state index is 4.97. The molecule has 1 aliphatic heterocycles. The van der Waals surface area contributed by atoms with Crippen molar-refractivity contribution in [3.8, 4) is 0 Å². The number of hydrogen-bond acceptors (Lipinski definition) is 1. The molecule has 2 rings (SSSR count). The standard InChI is InChI=1S/C4H5O/c1-3-2-5-4(1)3/h4H,1-2H2. The lowest BCUT2D eigenvalue weighted by Gasteiger charge is -2.07. The Hall–Kier alpha value is -0.0400. The summed E-state index contributed by atoms with van der Waals surface area (Å²) >= 11 is 0. The van der Waals surface area contributed by atoms with Gasteiger partial charge in [0.25, 0.3) is 0 Å². The number of ether oxygens (including phenoxy) is 1. The van der Waals surface area contributed by atoms with E-state index in [1.54, 1.807) is 5.92 Å². The van der Waals surface area contributed by atoms with Gasteiger partial charge in [0.1, 0.15) is 0 Å². The van der Waals surface area contributed by atoms with Crippen molar-refractivity contribution in [3.05, 3.63) is 5.92 Å². The first-order chi connectivity index (χ1) is 2.47. The minimum absolute atomic E-state index is 0.648. The lowest BCUT2D eigenvalue weighted by molar-refractivity contribution is 0.0819. The van der Waals surface area contributed by atoms with E-state index in [2.05, 4.69) is 0 Å². The first-order valence-electron chi connectivity index (χ1n) is 1.93. The molecule has 1 nitrogen and oxygen atoms in total. The van der Waals surface area contributed by atoms with E-state index in [1.165, 1.54) is 6.42 Å². The van der Waals surface area contributed by atoms with E-state index in [4.69, 9.17) is 4.74 Å². The number of rotatable bonds is 0. The van der Waals surface area contributed by atoms with Gasteiger partial charge in [-0.05, 0) is 6.42 Å². The van der Waals surface area contributed by atoms with Crippen molar-refractivity contribution in [2.24, 2.45) is 0 Å². The third-order valence-corrected chi connectivity index (χ3v) is 1.21. The van der Waals surface area contributed by atoms with E-state index in [1.807, 2.05) is 0 Å². The Kier molecular flexibility index (Phi) is 0.189. The number of hydrogen-bond donors (Lipinski definition) is 0. The maximum Gasteiger partial charge on any atom is 0.0669 e. The van der Waals surface area contributed by atoms with Gasteiger partial charge in [0.2, 0.25) is 0 Å². The van der Waals surface area contributed by atoms with Gasteiger partial charge in [0, 0.05) is 5.92 Å². The van der Waals surface area contributed by atoms with Gasteiger partial charge in [-0.25, -0.2) is 0 Å². The van der Waals surface area contributed by atoms with Crippen LogP contribution in [0.2, 0.25) is 0 Å². The summed E-state index contributed by atoms with van der Waals surface area (Å²) in [5.74, 6) is 1.63. The molecule has 0 bridgehead atoms. The lowest BCUT2D eigenvalue weighted by atomic mass is 10.4. The molecule has 0 aromatic rings. The second-order valence-electron chi connectivity index (χ2n) is 1.66. The smallest absolute Gasteiger partial charge is 0.0669 e. The summed E-state index contributed by atoms with van der Waals surface area (Å²) in [6, 6.07) is 0. The summed E-state index contributed by atoms with van der Waals surface area (Å²) in [5.41, 5.74) is 0. The van der Waals surface area contributed by atoms with Crippen LogP contribution in [0.3, 0.4) is 0 Å². The van der Waals surface area contributed by atoms with Crippen molar-refractivity contribution in [2.75, 3.05) is 6.61 Å². The van der Waals surface area contributed by atoms with Crippen LogP contribution in [0.25, 0.3) is 0 Å². The SMILES string of the molecule is C1OC2C[C]12. The van der Waals surface area contributed by atoms with Gasteiger partial charge in [-0.15, -0.1) is 0 Å². The van der Waals surface area contributed by atoms with Crippen LogP contribution in [0, 0.1) is 5.92 Å². The van der Waals surface area contributed by atoms with Crippen molar-refractivity contribution in [1.82, 2.24) is 0 Å². The fourth-order valence-electron chi connectivity index (χ4n) is 0.616. The molecule has 1 aliphatic carbocycles. The number of fused-ring (bicyclic) bond motifs is 1. The third-order valence-electron chi connectivity index (χ3n) is 1.21. The highest BCUT2D eigenvalue weighted by Gasteiger charge is 2.47. The van der Waals surface area contributed by atoms with E-state index in [9.17, 15) is 0 Å². The van der Waals surface area contributed by atoms with E-state index in [0.29, 0.717) is 6.10 Å². The molecule has 27 valence electrons. The Morgan fingerprint density at radius 1 is 1.80 bits per heavy atom. The summed E-state index contributed by atoms with van der Waals surface area (Å²) in [5, 5.41) is 0.